The average Bonchev–Trinajstić information content (AvgIpc) is 2.58. The van der Waals surface area contributed by atoms with E-state index in [1.807, 2.05) is 0 Å². The fourth-order valence-electron chi connectivity index (χ4n) is 2.52. The summed E-state index contributed by atoms with van der Waals surface area (Å²) in [6.07, 6.45) is 0.158. The number of nitrogens with zero attached hydrogens (tertiary/aromatic N) is 1. The fourth-order valence-corrected chi connectivity index (χ4v) is 2.52. The lowest BCUT2D eigenvalue weighted by atomic mass is 10.0. The van der Waals surface area contributed by atoms with Crippen LogP contribution in [0.1, 0.15) is 20.3 Å². The molecule has 1 aliphatic heterocycles. The van der Waals surface area contributed by atoms with Crippen molar-refractivity contribution in [1.82, 2.24) is 15.5 Å². The number of nitrogens with one attached hydrogen (secondary N) is 2. The quantitative estimate of drug-likeness (QED) is 0.438. The summed E-state index contributed by atoms with van der Waals surface area (Å²) in [5.41, 5.74) is 0. The Morgan fingerprint density at radius 2 is 1.78 bits per heavy atom. The lowest BCUT2D eigenvalue weighted by Crippen LogP contribution is -2.55. The topological polar surface area (TPSA) is 117 Å². The van der Waals surface area contributed by atoms with Crippen molar-refractivity contribution in [3.8, 4) is 0 Å². The highest BCUT2D eigenvalue weighted by Gasteiger charge is 2.28. The van der Waals surface area contributed by atoms with Gasteiger partial charge in [0.15, 0.2) is 0 Å². The third kappa shape index (κ3) is 9.59. The maximum atomic E-state index is 12.3. The van der Waals surface area contributed by atoms with Crippen LogP contribution in [-0.2, 0) is 23.9 Å². The second-order valence-corrected chi connectivity index (χ2v) is 6.63. The van der Waals surface area contributed by atoms with Crippen LogP contribution in [-0.4, -0.2) is 85.9 Å². The van der Waals surface area contributed by atoms with Crippen molar-refractivity contribution in [2.75, 3.05) is 39.5 Å². The zero-order valence-electron chi connectivity index (χ0n) is 15.5. The normalized spacial score (nSPS) is 17.6. The van der Waals surface area contributed by atoms with Crippen LogP contribution in [0.25, 0.3) is 0 Å². The summed E-state index contributed by atoms with van der Waals surface area (Å²) in [6.45, 7) is 1.65. The molecule has 2 atom stereocenters. The van der Waals surface area contributed by atoms with Gasteiger partial charge in [-0.15, -0.1) is 0 Å². The molecule has 1 aliphatic rings. The van der Waals surface area contributed by atoms with Gasteiger partial charge in [-0.05, 0) is 12.3 Å². The second kappa shape index (κ2) is 11.8. The molecule has 0 saturated carbocycles. The monoisotopic (exact) mass is 395 g/mol. The maximum Gasteiger partial charge on any atom is 0.345 e. The summed E-state index contributed by atoms with van der Waals surface area (Å²) in [7, 11) is 0. The molecule has 0 aromatic heterocycles. The Kier molecular flexibility index (Phi) is 10.1. The first-order valence-corrected chi connectivity index (χ1v) is 8.71. The van der Waals surface area contributed by atoms with E-state index >= 15 is 0 Å². The molecule has 0 radical (unpaired) electrons. The molecular weight excluding hydrogens is 368 g/mol. The number of carbonyl (C=O) groups is 3. The number of rotatable bonds is 11. The molecule has 0 spiro atoms. The molecule has 0 aromatic carbocycles. The lowest BCUT2D eigenvalue weighted by molar-refractivity contribution is -0.150. The Morgan fingerprint density at radius 3 is 2.30 bits per heavy atom. The van der Waals surface area contributed by atoms with Crippen molar-refractivity contribution in [2.24, 2.45) is 5.92 Å². The van der Waals surface area contributed by atoms with Gasteiger partial charge in [-0.1, -0.05) is 13.8 Å². The van der Waals surface area contributed by atoms with Crippen LogP contribution < -0.4 is 10.6 Å². The molecule has 0 aromatic rings. The van der Waals surface area contributed by atoms with Crippen molar-refractivity contribution >= 4 is 17.8 Å². The number of carboxylic acids is 1. The number of ether oxygens (including phenoxy) is 2. The van der Waals surface area contributed by atoms with Gasteiger partial charge in [0, 0.05) is 13.1 Å². The van der Waals surface area contributed by atoms with E-state index in [4.69, 9.17) is 4.74 Å². The molecular formula is C16H27F2N3O6. The van der Waals surface area contributed by atoms with E-state index in [1.54, 1.807) is 18.7 Å². The second-order valence-electron chi connectivity index (χ2n) is 6.63. The Morgan fingerprint density at radius 1 is 1.15 bits per heavy atom. The largest absolute Gasteiger partial charge is 0.480 e. The van der Waals surface area contributed by atoms with Crippen LogP contribution in [0.15, 0.2) is 0 Å². The highest BCUT2D eigenvalue weighted by atomic mass is 19.3. The van der Waals surface area contributed by atoms with Gasteiger partial charge in [-0.25, -0.2) is 4.79 Å². The molecule has 0 bridgehead atoms. The number of morpholine rings is 1. The predicted molar refractivity (Wildman–Crippen MR) is 90.2 cm³/mol. The molecule has 27 heavy (non-hydrogen) atoms. The van der Waals surface area contributed by atoms with Gasteiger partial charge in [0.25, 0.3) is 0 Å². The van der Waals surface area contributed by atoms with Crippen LogP contribution in [0.5, 0.6) is 0 Å². The van der Waals surface area contributed by atoms with Crippen LogP contribution in [0, 0.1) is 5.92 Å². The first-order chi connectivity index (χ1) is 12.7. The van der Waals surface area contributed by atoms with Crippen molar-refractivity contribution in [3.63, 3.8) is 0 Å². The molecule has 1 rings (SSSR count). The first kappa shape index (κ1) is 23.2. The zero-order valence-corrected chi connectivity index (χ0v) is 15.5. The molecule has 0 aliphatic carbocycles. The summed E-state index contributed by atoms with van der Waals surface area (Å²) in [6, 6.07) is -2.62. The van der Waals surface area contributed by atoms with Gasteiger partial charge >= 0.3 is 12.6 Å². The Hall–Kier alpha value is -1.85. The van der Waals surface area contributed by atoms with Gasteiger partial charge in [-0.2, -0.15) is 8.78 Å². The van der Waals surface area contributed by atoms with Gasteiger partial charge < -0.3 is 25.2 Å². The molecule has 11 heteroatoms. The highest BCUT2D eigenvalue weighted by Crippen LogP contribution is 2.06. The number of halogens is 2. The standard InChI is InChI=1S/C16H27F2N3O6/c1-10(2)7-11(15(24)25)20-14(23)12(9-27-16(17)18)19-13(22)8-21-3-5-26-6-4-21/h10-12,16H,3-9H2,1-2H3,(H,19,22)(H,20,23)(H,24,25)/t11-,12-/m0/s1. The van der Waals surface area contributed by atoms with Crippen molar-refractivity contribution < 1.29 is 37.7 Å². The molecule has 9 nitrogen and oxygen atoms in total. The van der Waals surface area contributed by atoms with Gasteiger partial charge in [0.05, 0.1) is 26.4 Å². The van der Waals surface area contributed by atoms with E-state index < -0.39 is 43.1 Å². The van der Waals surface area contributed by atoms with E-state index in [1.165, 1.54) is 0 Å². The Balaban J connectivity index is 2.68. The number of aliphatic carboxylic acids is 1. The molecule has 156 valence electrons. The van der Waals surface area contributed by atoms with Crippen molar-refractivity contribution in [2.45, 2.75) is 39.0 Å². The van der Waals surface area contributed by atoms with Gasteiger partial charge in [0.1, 0.15) is 12.1 Å². The Bertz CT molecular complexity index is 501. The summed E-state index contributed by atoms with van der Waals surface area (Å²) in [5, 5.41) is 13.8. The lowest BCUT2D eigenvalue weighted by Gasteiger charge is -2.27. The van der Waals surface area contributed by atoms with Crippen LogP contribution in [0.4, 0.5) is 8.78 Å². The summed E-state index contributed by atoms with van der Waals surface area (Å²) < 4.78 is 34.0. The average molecular weight is 395 g/mol. The molecule has 1 saturated heterocycles. The first-order valence-electron chi connectivity index (χ1n) is 8.71. The predicted octanol–water partition coefficient (Wildman–Crippen LogP) is -0.342. The van der Waals surface area contributed by atoms with Gasteiger partial charge in [0.2, 0.25) is 11.8 Å². The molecule has 1 fully saturated rings. The molecule has 1 heterocycles. The van der Waals surface area contributed by atoms with E-state index in [0.29, 0.717) is 26.3 Å². The number of carbonyl (C=O) groups excluding carboxylic acids is 2. The summed E-state index contributed by atoms with van der Waals surface area (Å²) in [5.74, 6) is -2.70. The number of hydrogen-bond acceptors (Lipinski definition) is 6. The third-order valence-electron chi connectivity index (χ3n) is 3.83. The van der Waals surface area contributed by atoms with E-state index in [2.05, 4.69) is 15.4 Å². The molecule has 3 N–H and O–H groups in total. The summed E-state index contributed by atoms with van der Waals surface area (Å²) in [4.78, 5) is 37.5. The number of carboxylic acid groups (broad SMARTS) is 1. The molecule has 0 unspecified atom stereocenters. The zero-order chi connectivity index (χ0) is 20.4. The van der Waals surface area contributed by atoms with E-state index in [-0.39, 0.29) is 18.9 Å². The number of amides is 2. The minimum Gasteiger partial charge on any atom is -0.480 e. The minimum absolute atomic E-state index is 0.0157. The smallest absolute Gasteiger partial charge is 0.345 e. The highest BCUT2D eigenvalue weighted by molar-refractivity contribution is 5.91. The fraction of sp³-hybridized carbons (Fsp3) is 0.812. The van der Waals surface area contributed by atoms with Gasteiger partial charge in [-0.3, -0.25) is 14.5 Å². The minimum atomic E-state index is -3.12. The Labute approximate surface area is 156 Å². The molecule has 2 amide bonds. The van der Waals surface area contributed by atoms with Crippen molar-refractivity contribution in [3.05, 3.63) is 0 Å². The number of alkyl halides is 2. The van der Waals surface area contributed by atoms with Crippen LogP contribution >= 0.6 is 0 Å². The maximum absolute atomic E-state index is 12.3. The van der Waals surface area contributed by atoms with Crippen LogP contribution in [0.3, 0.4) is 0 Å². The SMILES string of the molecule is CC(C)C[C@H](NC(=O)[C@H](COC(F)F)NC(=O)CN1CCOCC1)C(=O)O. The third-order valence-corrected chi connectivity index (χ3v) is 3.83. The summed E-state index contributed by atoms with van der Waals surface area (Å²) >= 11 is 0. The van der Waals surface area contributed by atoms with Crippen LogP contribution in [0.2, 0.25) is 0 Å². The van der Waals surface area contributed by atoms with E-state index in [9.17, 15) is 28.3 Å². The van der Waals surface area contributed by atoms with E-state index in [0.717, 1.165) is 0 Å². The van der Waals surface area contributed by atoms with Crippen molar-refractivity contribution in [1.29, 1.82) is 0 Å². The number of hydrogen-bond donors (Lipinski definition) is 3.